The van der Waals surface area contributed by atoms with E-state index in [0.717, 1.165) is 5.52 Å². The summed E-state index contributed by atoms with van der Waals surface area (Å²) < 4.78 is 0. The predicted molar refractivity (Wildman–Crippen MR) is 171 cm³/mol. The van der Waals surface area contributed by atoms with Crippen molar-refractivity contribution >= 4 is 43.2 Å². The molecule has 7 aromatic carbocycles. The van der Waals surface area contributed by atoms with Crippen molar-refractivity contribution in [2.24, 2.45) is 0 Å². The summed E-state index contributed by atoms with van der Waals surface area (Å²) in [5, 5.41) is 8.61. The van der Waals surface area contributed by atoms with Gasteiger partial charge in [-0.2, -0.15) is 0 Å². The second-order valence-electron chi connectivity index (χ2n) is 10.3. The Balaban J connectivity index is 1.51. The van der Waals surface area contributed by atoms with Gasteiger partial charge in [0, 0.05) is 22.4 Å². The van der Waals surface area contributed by atoms with E-state index in [1.54, 1.807) is 0 Å². The van der Waals surface area contributed by atoms with Gasteiger partial charge in [-0.3, -0.25) is 4.98 Å². The number of fused-ring (bicyclic) bond motifs is 5. The van der Waals surface area contributed by atoms with Gasteiger partial charge in [-0.1, -0.05) is 133 Å². The topological polar surface area (TPSA) is 12.9 Å². The van der Waals surface area contributed by atoms with Gasteiger partial charge >= 0.3 is 0 Å². The molecule has 0 aliphatic carbocycles. The summed E-state index contributed by atoms with van der Waals surface area (Å²) >= 11 is 0. The third kappa shape index (κ3) is 3.52. The molecule has 1 heterocycles. The molecule has 0 aliphatic heterocycles. The maximum absolute atomic E-state index is 4.96. The molecule has 0 amide bonds. The number of pyridine rings is 1. The largest absolute Gasteiger partial charge is 0.256 e. The average molecular weight is 508 g/mol. The minimum atomic E-state index is 1.01. The van der Waals surface area contributed by atoms with E-state index in [4.69, 9.17) is 4.98 Å². The standard InChI is InChI=1S/C39H25N/c1-2-13-27(14-3-1)38-33-20-7-6-19-32(33)37(35-25-40-36-23-9-8-21-34(36)39(35)38)29-17-10-16-28(24-29)31-22-11-15-26-12-4-5-18-30(26)31/h1-25H. The second kappa shape index (κ2) is 9.18. The van der Waals surface area contributed by atoms with Crippen LogP contribution in [-0.4, -0.2) is 4.98 Å². The number of hydrogen-bond acceptors (Lipinski definition) is 1. The molecule has 0 bridgehead atoms. The first-order chi connectivity index (χ1) is 19.9. The second-order valence-corrected chi connectivity index (χ2v) is 10.3. The Kier molecular flexibility index (Phi) is 5.21. The summed E-state index contributed by atoms with van der Waals surface area (Å²) in [6.07, 6.45) is 2.08. The van der Waals surface area contributed by atoms with Crippen LogP contribution in [0.15, 0.2) is 152 Å². The highest BCUT2D eigenvalue weighted by atomic mass is 14.6. The molecular weight excluding hydrogens is 482 g/mol. The molecule has 8 rings (SSSR count). The fourth-order valence-corrected chi connectivity index (χ4v) is 6.33. The van der Waals surface area contributed by atoms with E-state index < -0.39 is 0 Å². The van der Waals surface area contributed by atoms with Crippen LogP contribution in [0.5, 0.6) is 0 Å². The average Bonchev–Trinajstić information content (AvgIpc) is 3.03. The molecule has 0 atom stereocenters. The monoisotopic (exact) mass is 507 g/mol. The van der Waals surface area contributed by atoms with Crippen molar-refractivity contribution in [1.82, 2.24) is 4.98 Å². The van der Waals surface area contributed by atoms with Crippen LogP contribution in [0.1, 0.15) is 0 Å². The molecule has 1 heteroatoms. The zero-order valence-electron chi connectivity index (χ0n) is 21.9. The zero-order valence-corrected chi connectivity index (χ0v) is 21.9. The Bertz CT molecular complexity index is 2200. The highest BCUT2D eigenvalue weighted by Crippen LogP contribution is 2.46. The molecular formula is C39H25N. The number of rotatable bonds is 3. The van der Waals surface area contributed by atoms with Crippen molar-refractivity contribution in [3.05, 3.63) is 152 Å². The SMILES string of the molecule is c1ccc(-c2c3ccccc3c(-c3cccc(-c4cccc5ccccc45)c3)c3cnc4ccccc4c23)cc1. The third-order valence-electron chi connectivity index (χ3n) is 8.07. The molecule has 0 saturated carbocycles. The van der Waals surface area contributed by atoms with Crippen LogP contribution in [-0.2, 0) is 0 Å². The maximum atomic E-state index is 4.96. The molecule has 0 unspecified atom stereocenters. The summed E-state index contributed by atoms with van der Waals surface area (Å²) in [6.45, 7) is 0. The van der Waals surface area contributed by atoms with E-state index in [1.165, 1.54) is 71.1 Å². The predicted octanol–water partition coefficient (Wildman–Crippen LogP) is 10.7. The number of hydrogen-bond donors (Lipinski definition) is 0. The van der Waals surface area contributed by atoms with Gasteiger partial charge in [-0.25, -0.2) is 0 Å². The van der Waals surface area contributed by atoms with Crippen molar-refractivity contribution in [3.63, 3.8) is 0 Å². The van der Waals surface area contributed by atoms with Crippen molar-refractivity contribution in [3.8, 4) is 33.4 Å². The molecule has 0 saturated heterocycles. The summed E-state index contributed by atoms with van der Waals surface area (Å²) in [7, 11) is 0. The molecule has 8 aromatic rings. The Morgan fingerprint density at radius 1 is 0.375 bits per heavy atom. The summed E-state index contributed by atoms with van der Waals surface area (Å²) in [4.78, 5) is 4.96. The maximum Gasteiger partial charge on any atom is 0.0708 e. The van der Waals surface area contributed by atoms with Gasteiger partial charge in [0.25, 0.3) is 0 Å². The molecule has 0 spiro atoms. The molecule has 186 valence electrons. The molecule has 1 nitrogen and oxygen atoms in total. The number of aromatic nitrogens is 1. The van der Waals surface area contributed by atoms with E-state index in [1.807, 2.05) is 0 Å². The van der Waals surface area contributed by atoms with Gasteiger partial charge in [0.2, 0.25) is 0 Å². The summed E-state index contributed by atoms with van der Waals surface area (Å²) in [5.41, 5.74) is 8.38. The van der Waals surface area contributed by atoms with Gasteiger partial charge < -0.3 is 0 Å². The lowest BCUT2D eigenvalue weighted by Crippen LogP contribution is -1.93. The van der Waals surface area contributed by atoms with E-state index in [2.05, 4.69) is 152 Å². The van der Waals surface area contributed by atoms with E-state index >= 15 is 0 Å². The van der Waals surface area contributed by atoms with Crippen LogP contribution in [0.25, 0.3) is 76.6 Å². The fraction of sp³-hybridized carbons (Fsp3) is 0. The lowest BCUT2D eigenvalue weighted by atomic mass is 9.84. The summed E-state index contributed by atoms with van der Waals surface area (Å²) in [5.74, 6) is 0. The van der Waals surface area contributed by atoms with Gasteiger partial charge in [0.15, 0.2) is 0 Å². The summed E-state index contributed by atoms with van der Waals surface area (Å²) in [6, 6.07) is 52.3. The first-order valence-electron chi connectivity index (χ1n) is 13.7. The Morgan fingerprint density at radius 2 is 0.975 bits per heavy atom. The minimum absolute atomic E-state index is 1.01. The van der Waals surface area contributed by atoms with Crippen molar-refractivity contribution < 1.29 is 0 Å². The number of benzene rings is 7. The number of para-hydroxylation sites is 1. The first kappa shape index (κ1) is 22.7. The van der Waals surface area contributed by atoms with E-state index in [0.29, 0.717) is 0 Å². The van der Waals surface area contributed by atoms with Crippen LogP contribution in [0.2, 0.25) is 0 Å². The zero-order chi connectivity index (χ0) is 26.5. The Labute approximate surface area is 233 Å². The van der Waals surface area contributed by atoms with Crippen LogP contribution in [0, 0.1) is 0 Å². The van der Waals surface area contributed by atoms with Crippen LogP contribution < -0.4 is 0 Å². The smallest absolute Gasteiger partial charge is 0.0708 e. The van der Waals surface area contributed by atoms with Gasteiger partial charge in [-0.15, -0.1) is 0 Å². The first-order valence-corrected chi connectivity index (χ1v) is 13.7. The van der Waals surface area contributed by atoms with Crippen LogP contribution >= 0.6 is 0 Å². The van der Waals surface area contributed by atoms with Crippen LogP contribution in [0.3, 0.4) is 0 Å². The van der Waals surface area contributed by atoms with E-state index in [-0.39, 0.29) is 0 Å². The lowest BCUT2D eigenvalue weighted by molar-refractivity contribution is 1.45. The molecule has 0 aliphatic rings. The van der Waals surface area contributed by atoms with Gasteiger partial charge in [-0.05, 0) is 67.1 Å². The minimum Gasteiger partial charge on any atom is -0.256 e. The third-order valence-corrected chi connectivity index (χ3v) is 8.07. The molecule has 40 heavy (non-hydrogen) atoms. The van der Waals surface area contributed by atoms with Crippen molar-refractivity contribution in [1.29, 1.82) is 0 Å². The van der Waals surface area contributed by atoms with Crippen LogP contribution in [0.4, 0.5) is 0 Å². The molecule has 0 fully saturated rings. The molecule has 0 N–H and O–H groups in total. The quantitative estimate of drug-likeness (QED) is 0.171. The normalized spacial score (nSPS) is 11.5. The lowest BCUT2D eigenvalue weighted by Gasteiger charge is -2.19. The highest BCUT2D eigenvalue weighted by molar-refractivity contribution is 6.27. The number of nitrogens with zero attached hydrogens (tertiary/aromatic N) is 1. The Hall–Kier alpha value is -5.27. The highest BCUT2D eigenvalue weighted by Gasteiger charge is 2.19. The van der Waals surface area contributed by atoms with Gasteiger partial charge in [0.1, 0.15) is 0 Å². The fourth-order valence-electron chi connectivity index (χ4n) is 6.33. The van der Waals surface area contributed by atoms with Crippen molar-refractivity contribution in [2.45, 2.75) is 0 Å². The van der Waals surface area contributed by atoms with Gasteiger partial charge in [0.05, 0.1) is 5.52 Å². The van der Waals surface area contributed by atoms with E-state index in [9.17, 15) is 0 Å². The molecule has 0 radical (unpaired) electrons. The molecule has 1 aromatic heterocycles. The Morgan fingerprint density at radius 3 is 1.82 bits per heavy atom. The van der Waals surface area contributed by atoms with Crippen molar-refractivity contribution in [2.75, 3.05) is 0 Å².